The molecule has 6 heteroatoms. The molecular formula is C25H28O6. The first-order valence-electron chi connectivity index (χ1n) is 10.0. The number of rotatable bonds is 8. The number of benzene rings is 1. The van der Waals surface area contributed by atoms with E-state index in [4.69, 9.17) is 14.2 Å². The molecule has 1 atom stereocenters. The maximum absolute atomic E-state index is 12.9. The van der Waals surface area contributed by atoms with E-state index in [1.54, 1.807) is 30.4 Å². The Hall–Kier alpha value is -3.41. The molecule has 0 fully saturated rings. The van der Waals surface area contributed by atoms with Crippen molar-refractivity contribution in [3.05, 3.63) is 71.0 Å². The minimum Gasteiger partial charge on any atom is -0.496 e. The molecule has 0 bridgehead atoms. The smallest absolute Gasteiger partial charge is 0.308 e. The van der Waals surface area contributed by atoms with E-state index in [1.807, 2.05) is 26.0 Å². The van der Waals surface area contributed by atoms with E-state index in [1.165, 1.54) is 27.0 Å². The second kappa shape index (κ2) is 11.1. The number of methoxy groups -OCH3 is 1. The Kier molecular flexibility index (Phi) is 8.55. The molecule has 1 aromatic rings. The largest absolute Gasteiger partial charge is 0.496 e. The van der Waals surface area contributed by atoms with E-state index in [0.29, 0.717) is 35.5 Å². The predicted octanol–water partition coefficient (Wildman–Crippen LogP) is 4.89. The molecule has 0 aromatic heterocycles. The van der Waals surface area contributed by atoms with E-state index >= 15 is 0 Å². The van der Waals surface area contributed by atoms with E-state index in [0.717, 1.165) is 5.57 Å². The second-order valence-electron chi connectivity index (χ2n) is 7.38. The standard InChI is InChI=1S/C25H28O6/c1-16(2)6-12-22-24(29-5)15-13-21(25(22)31-18(4)27)23(28)14-9-19-7-10-20(11-8-19)30-17(3)26/h6-7,9-11,13-15,19H,8,12H2,1-5H3. The summed E-state index contributed by atoms with van der Waals surface area (Å²) in [6.45, 7) is 6.58. The van der Waals surface area contributed by atoms with E-state index in [9.17, 15) is 14.4 Å². The third-order valence-electron chi connectivity index (χ3n) is 4.52. The van der Waals surface area contributed by atoms with Crippen molar-refractivity contribution in [2.45, 2.75) is 40.5 Å². The summed E-state index contributed by atoms with van der Waals surface area (Å²) in [5.74, 6) is 0.0940. The van der Waals surface area contributed by atoms with Crippen LogP contribution in [0.1, 0.15) is 50.0 Å². The van der Waals surface area contributed by atoms with Gasteiger partial charge < -0.3 is 14.2 Å². The number of carbonyl (C=O) groups is 3. The topological polar surface area (TPSA) is 78.9 Å². The van der Waals surface area contributed by atoms with Crippen molar-refractivity contribution in [2.24, 2.45) is 5.92 Å². The molecule has 1 aliphatic rings. The molecule has 2 rings (SSSR count). The summed E-state index contributed by atoms with van der Waals surface area (Å²) in [5.41, 5.74) is 2.03. The average Bonchev–Trinajstić information content (AvgIpc) is 2.70. The van der Waals surface area contributed by atoms with Gasteiger partial charge in [-0.2, -0.15) is 0 Å². The predicted molar refractivity (Wildman–Crippen MR) is 118 cm³/mol. The van der Waals surface area contributed by atoms with Crippen LogP contribution in [-0.4, -0.2) is 24.8 Å². The SMILES string of the molecule is COc1ccc(C(=O)C=CC2C=CC(OC(C)=O)=CC2)c(OC(C)=O)c1CC=C(C)C. The fourth-order valence-electron chi connectivity index (χ4n) is 3.06. The molecule has 1 aromatic carbocycles. The Bertz CT molecular complexity index is 974. The summed E-state index contributed by atoms with van der Waals surface area (Å²) >= 11 is 0. The van der Waals surface area contributed by atoms with Gasteiger partial charge in [0.05, 0.1) is 12.7 Å². The van der Waals surface area contributed by atoms with Crippen LogP contribution < -0.4 is 9.47 Å². The number of ketones is 1. The van der Waals surface area contributed by atoms with E-state index < -0.39 is 5.97 Å². The van der Waals surface area contributed by atoms with E-state index in [2.05, 4.69) is 0 Å². The number of ether oxygens (including phenoxy) is 3. The van der Waals surface area contributed by atoms with Gasteiger partial charge in [0.25, 0.3) is 0 Å². The number of allylic oxidation sites excluding steroid dienone is 7. The zero-order chi connectivity index (χ0) is 23.0. The lowest BCUT2D eigenvalue weighted by Gasteiger charge is -2.16. The highest BCUT2D eigenvalue weighted by atomic mass is 16.5. The van der Waals surface area contributed by atoms with Crippen molar-refractivity contribution in [1.82, 2.24) is 0 Å². The van der Waals surface area contributed by atoms with Gasteiger partial charge in [-0.25, -0.2) is 0 Å². The Labute approximate surface area is 182 Å². The molecule has 0 N–H and O–H groups in total. The average molecular weight is 424 g/mol. The fraction of sp³-hybridized carbons (Fsp3) is 0.320. The Morgan fingerprint density at radius 2 is 1.77 bits per heavy atom. The molecule has 1 unspecified atom stereocenters. The first-order chi connectivity index (χ1) is 14.7. The number of hydrogen-bond acceptors (Lipinski definition) is 6. The van der Waals surface area contributed by atoms with Crippen LogP contribution in [0.15, 0.2) is 59.9 Å². The van der Waals surface area contributed by atoms with Gasteiger partial charge in [0.2, 0.25) is 0 Å². The first-order valence-corrected chi connectivity index (χ1v) is 10.0. The highest BCUT2D eigenvalue weighted by Gasteiger charge is 2.20. The third-order valence-corrected chi connectivity index (χ3v) is 4.52. The Balaban J connectivity index is 2.30. The molecule has 164 valence electrons. The minimum absolute atomic E-state index is 0.0103. The van der Waals surface area contributed by atoms with Crippen LogP contribution in [0.3, 0.4) is 0 Å². The van der Waals surface area contributed by atoms with Gasteiger partial charge in [0.1, 0.15) is 17.3 Å². The summed E-state index contributed by atoms with van der Waals surface area (Å²) < 4.78 is 15.9. The molecule has 0 radical (unpaired) electrons. The lowest BCUT2D eigenvalue weighted by atomic mass is 9.97. The van der Waals surface area contributed by atoms with Crippen LogP contribution in [0, 0.1) is 5.92 Å². The highest BCUT2D eigenvalue weighted by molar-refractivity contribution is 6.07. The highest BCUT2D eigenvalue weighted by Crippen LogP contribution is 2.34. The lowest BCUT2D eigenvalue weighted by molar-refractivity contribution is -0.136. The molecule has 0 aliphatic heterocycles. The summed E-state index contributed by atoms with van der Waals surface area (Å²) in [5, 5.41) is 0. The van der Waals surface area contributed by atoms with Crippen LogP contribution >= 0.6 is 0 Å². The van der Waals surface area contributed by atoms with Crippen LogP contribution in [0.5, 0.6) is 11.5 Å². The van der Waals surface area contributed by atoms with Gasteiger partial charge in [-0.05, 0) is 63.0 Å². The van der Waals surface area contributed by atoms with Gasteiger partial charge >= 0.3 is 11.9 Å². The molecule has 0 saturated carbocycles. The molecule has 1 aliphatic carbocycles. The van der Waals surface area contributed by atoms with Crippen LogP contribution in [0.25, 0.3) is 0 Å². The maximum atomic E-state index is 12.9. The van der Waals surface area contributed by atoms with Crippen LogP contribution in [0.2, 0.25) is 0 Å². The molecule has 31 heavy (non-hydrogen) atoms. The second-order valence-corrected chi connectivity index (χ2v) is 7.38. The Morgan fingerprint density at radius 3 is 2.32 bits per heavy atom. The Morgan fingerprint density at radius 1 is 1.06 bits per heavy atom. The van der Waals surface area contributed by atoms with Gasteiger partial charge in [0, 0.05) is 19.4 Å². The van der Waals surface area contributed by atoms with Gasteiger partial charge in [0.15, 0.2) is 5.78 Å². The first kappa shape index (κ1) is 23.9. The summed E-state index contributed by atoms with van der Waals surface area (Å²) in [6.07, 6.45) is 11.7. The van der Waals surface area contributed by atoms with Gasteiger partial charge in [-0.15, -0.1) is 0 Å². The van der Waals surface area contributed by atoms with Crippen molar-refractivity contribution in [3.63, 3.8) is 0 Å². The molecule has 6 nitrogen and oxygen atoms in total. The molecular weight excluding hydrogens is 396 g/mol. The normalized spacial score (nSPS) is 15.3. The monoisotopic (exact) mass is 424 g/mol. The third kappa shape index (κ3) is 7.10. The summed E-state index contributed by atoms with van der Waals surface area (Å²) in [6, 6.07) is 3.31. The molecule has 0 spiro atoms. The maximum Gasteiger partial charge on any atom is 0.308 e. The summed E-state index contributed by atoms with van der Waals surface area (Å²) in [4.78, 5) is 35.7. The zero-order valence-corrected chi connectivity index (χ0v) is 18.6. The van der Waals surface area contributed by atoms with Gasteiger partial charge in [-0.3, -0.25) is 14.4 Å². The van der Waals surface area contributed by atoms with Gasteiger partial charge in [-0.1, -0.05) is 23.8 Å². The van der Waals surface area contributed by atoms with Crippen molar-refractivity contribution < 1.29 is 28.6 Å². The van der Waals surface area contributed by atoms with Crippen molar-refractivity contribution in [2.75, 3.05) is 7.11 Å². The molecule has 0 heterocycles. The van der Waals surface area contributed by atoms with Crippen molar-refractivity contribution >= 4 is 17.7 Å². The quantitative estimate of drug-likeness (QED) is 0.194. The summed E-state index contributed by atoms with van der Waals surface area (Å²) in [7, 11) is 1.54. The number of esters is 2. The fourth-order valence-corrected chi connectivity index (χ4v) is 3.06. The number of hydrogen-bond donors (Lipinski definition) is 0. The van der Waals surface area contributed by atoms with Crippen LogP contribution in [-0.2, 0) is 20.7 Å². The minimum atomic E-state index is -0.511. The van der Waals surface area contributed by atoms with E-state index in [-0.39, 0.29) is 23.4 Å². The van der Waals surface area contributed by atoms with Crippen LogP contribution in [0.4, 0.5) is 0 Å². The molecule has 0 amide bonds. The lowest BCUT2D eigenvalue weighted by Crippen LogP contribution is -2.10. The zero-order valence-electron chi connectivity index (χ0n) is 18.6. The van der Waals surface area contributed by atoms with Crippen molar-refractivity contribution in [3.8, 4) is 11.5 Å². The van der Waals surface area contributed by atoms with Crippen molar-refractivity contribution in [1.29, 1.82) is 0 Å². The number of carbonyl (C=O) groups excluding carboxylic acids is 3. The molecule has 0 saturated heterocycles.